The van der Waals surface area contributed by atoms with Crippen LogP contribution in [0, 0.1) is 0 Å². The molecule has 0 aliphatic carbocycles. The van der Waals surface area contributed by atoms with Crippen LogP contribution in [0.5, 0.6) is 11.5 Å². The second-order valence-electron chi connectivity index (χ2n) is 4.77. The van der Waals surface area contributed by atoms with Gasteiger partial charge in [0.05, 0.1) is 12.7 Å². The van der Waals surface area contributed by atoms with Crippen LogP contribution in [0.15, 0.2) is 18.2 Å². The summed E-state index contributed by atoms with van der Waals surface area (Å²) in [6.45, 7) is 1.43. The van der Waals surface area contributed by atoms with E-state index in [1.807, 2.05) is 0 Å². The highest BCUT2D eigenvalue weighted by Gasteiger charge is 2.20. The Bertz CT molecular complexity index is 442. The topological polar surface area (TPSA) is 41.9 Å². The molecule has 0 unspecified atom stereocenters. The summed E-state index contributed by atoms with van der Waals surface area (Å²) in [6.07, 6.45) is 0.494. The van der Waals surface area contributed by atoms with E-state index >= 15 is 0 Å². The van der Waals surface area contributed by atoms with E-state index in [2.05, 4.69) is 9.64 Å². The van der Waals surface area contributed by atoms with Crippen LogP contribution in [-0.2, 0) is 6.54 Å². The van der Waals surface area contributed by atoms with Crippen LogP contribution >= 0.6 is 0 Å². The van der Waals surface area contributed by atoms with Crippen LogP contribution in [0.1, 0.15) is 18.9 Å². The van der Waals surface area contributed by atoms with Gasteiger partial charge in [0, 0.05) is 19.6 Å². The molecule has 6 heteroatoms. The van der Waals surface area contributed by atoms with Gasteiger partial charge in [-0.05, 0) is 31.0 Å². The van der Waals surface area contributed by atoms with E-state index in [0.29, 0.717) is 25.4 Å². The number of nitrogens with zero attached hydrogens (tertiary/aromatic N) is 1. The Kier molecular flexibility index (Phi) is 5.14. The van der Waals surface area contributed by atoms with Crippen LogP contribution in [0.3, 0.4) is 0 Å². The third-order valence-electron chi connectivity index (χ3n) is 3.18. The number of aliphatic hydroxyl groups excluding tert-OH is 1. The molecule has 1 aromatic carbocycles. The van der Waals surface area contributed by atoms with Crippen molar-refractivity contribution in [2.75, 3.05) is 19.7 Å². The molecule has 0 aromatic heterocycles. The van der Waals surface area contributed by atoms with Crippen molar-refractivity contribution in [3.63, 3.8) is 0 Å². The SMILES string of the molecule is CCOc1cc(CN2CC[C@H](O)C2)ccc1OC(F)F. The van der Waals surface area contributed by atoms with Gasteiger partial charge >= 0.3 is 6.61 Å². The number of β-amino-alcohol motifs (C(OH)–C–C–N with tert-alkyl or cyclic N) is 1. The third kappa shape index (κ3) is 4.05. The highest BCUT2D eigenvalue weighted by atomic mass is 19.3. The molecule has 1 heterocycles. The van der Waals surface area contributed by atoms with E-state index in [1.165, 1.54) is 6.07 Å². The number of benzene rings is 1. The average molecular weight is 287 g/mol. The first-order chi connectivity index (χ1) is 9.58. The second kappa shape index (κ2) is 6.85. The van der Waals surface area contributed by atoms with Crippen LogP contribution in [0.2, 0.25) is 0 Å². The average Bonchev–Trinajstić information content (AvgIpc) is 2.78. The number of ether oxygens (including phenoxy) is 2. The van der Waals surface area contributed by atoms with Gasteiger partial charge in [-0.2, -0.15) is 8.78 Å². The van der Waals surface area contributed by atoms with Crippen LogP contribution in [0.4, 0.5) is 8.78 Å². The fraction of sp³-hybridized carbons (Fsp3) is 0.571. The van der Waals surface area contributed by atoms with Crippen molar-refractivity contribution in [2.45, 2.75) is 32.6 Å². The zero-order valence-electron chi connectivity index (χ0n) is 11.4. The Hall–Kier alpha value is -1.40. The molecular formula is C14H19F2NO3. The fourth-order valence-electron chi connectivity index (χ4n) is 2.33. The maximum Gasteiger partial charge on any atom is 0.387 e. The molecule has 1 aliphatic rings. The van der Waals surface area contributed by atoms with E-state index in [-0.39, 0.29) is 11.9 Å². The lowest BCUT2D eigenvalue weighted by Gasteiger charge is -2.17. The van der Waals surface area contributed by atoms with E-state index in [0.717, 1.165) is 18.5 Å². The number of hydrogen-bond donors (Lipinski definition) is 1. The molecule has 2 rings (SSSR count). The molecule has 1 aromatic rings. The minimum Gasteiger partial charge on any atom is -0.490 e. The van der Waals surface area contributed by atoms with Crippen molar-refractivity contribution >= 4 is 0 Å². The Labute approximate surface area is 116 Å². The lowest BCUT2D eigenvalue weighted by atomic mass is 10.2. The molecule has 0 radical (unpaired) electrons. The van der Waals surface area contributed by atoms with Crippen LogP contribution < -0.4 is 9.47 Å². The first kappa shape index (κ1) is 15.0. The van der Waals surface area contributed by atoms with E-state index in [4.69, 9.17) is 4.74 Å². The normalized spacial score (nSPS) is 19.6. The molecule has 0 saturated carbocycles. The Balaban J connectivity index is 2.08. The monoisotopic (exact) mass is 287 g/mol. The number of halogens is 2. The molecule has 0 amide bonds. The van der Waals surface area contributed by atoms with Crippen molar-refractivity contribution in [3.05, 3.63) is 23.8 Å². The summed E-state index contributed by atoms with van der Waals surface area (Å²) in [7, 11) is 0. The Morgan fingerprint density at radius 3 is 2.80 bits per heavy atom. The van der Waals surface area contributed by atoms with Gasteiger partial charge in [-0.1, -0.05) is 6.07 Å². The largest absolute Gasteiger partial charge is 0.490 e. The first-order valence-corrected chi connectivity index (χ1v) is 6.69. The minimum atomic E-state index is -2.87. The van der Waals surface area contributed by atoms with E-state index in [1.54, 1.807) is 19.1 Å². The Morgan fingerprint density at radius 2 is 2.20 bits per heavy atom. The van der Waals surface area contributed by atoms with Gasteiger partial charge in [0.15, 0.2) is 11.5 Å². The lowest BCUT2D eigenvalue weighted by molar-refractivity contribution is -0.0514. The summed E-state index contributed by atoms with van der Waals surface area (Å²) in [6, 6.07) is 4.95. The molecule has 1 fully saturated rings. The molecule has 4 nitrogen and oxygen atoms in total. The maximum absolute atomic E-state index is 12.3. The summed E-state index contributed by atoms with van der Waals surface area (Å²) in [4.78, 5) is 2.11. The molecule has 112 valence electrons. The van der Waals surface area contributed by atoms with Crippen molar-refractivity contribution in [1.82, 2.24) is 4.90 Å². The number of rotatable bonds is 6. The first-order valence-electron chi connectivity index (χ1n) is 6.69. The molecule has 20 heavy (non-hydrogen) atoms. The van der Waals surface area contributed by atoms with Crippen molar-refractivity contribution in [3.8, 4) is 11.5 Å². The predicted octanol–water partition coefficient (Wildman–Crippen LogP) is 2.25. The van der Waals surface area contributed by atoms with E-state index < -0.39 is 6.61 Å². The minimum absolute atomic E-state index is 0.0482. The summed E-state index contributed by atoms with van der Waals surface area (Å²) in [5, 5.41) is 9.49. The summed E-state index contributed by atoms with van der Waals surface area (Å²) < 4.78 is 34.4. The second-order valence-corrected chi connectivity index (χ2v) is 4.77. The standard InChI is InChI=1S/C14H19F2NO3/c1-2-19-13-7-10(3-4-12(13)20-14(15)16)8-17-6-5-11(18)9-17/h3-4,7,11,14,18H,2,5-6,8-9H2,1H3/t11-/m0/s1. The van der Waals surface area contributed by atoms with Gasteiger partial charge in [-0.3, -0.25) is 4.90 Å². The lowest BCUT2D eigenvalue weighted by Crippen LogP contribution is -2.21. The zero-order chi connectivity index (χ0) is 14.5. The predicted molar refractivity (Wildman–Crippen MR) is 70.1 cm³/mol. The van der Waals surface area contributed by atoms with Gasteiger partial charge in [0.1, 0.15) is 0 Å². The van der Waals surface area contributed by atoms with Crippen molar-refractivity contribution in [1.29, 1.82) is 0 Å². The van der Waals surface area contributed by atoms with Gasteiger partial charge in [0.25, 0.3) is 0 Å². The van der Waals surface area contributed by atoms with Crippen molar-refractivity contribution < 1.29 is 23.4 Å². The number of likely N-dealkylation sites (tertiary alicyclic amines) is 1. The van der Waals surface area contributed by atoms with Gasteiger partial charge in [-0.15, -0.1) is 0 Å². The van der Waals surface area contributed by atoms with Gasteiger partial charge in [0.2, 0.25) is 0 Å². The molecule has 0 spiro atoms. The summed E-state index contributed by atoms with van der Waals surface area (Å²) in [5.74, 6) is 0.372. The summed E-state index contributed by atoms with van der Waals surface area (Å²) >= 11 is 0. The molecular weight excluding hydrogens is 268 g/mol. The molecule has 1 N–H and O–H groups in total. The number of alkyl halides is 2. The number of hydrogen-bond acceptors (Lipinski definition) is 4. The Morgan fingerprint density at radius 1 is 1.40 bits per heavy atom. The smallest absolute Gasteiger partial charge is 0.387 e. The quantitative estimate of drug-likeness (QED) is 0.871. The molecule has 0 bridgehead atoms. The highest BCUT2D eigenvalue weighted by Crippen LogP contribution is 2.30. The molecule has 1 aliphatic heterocycles. The van der Waals surface area contributed by atoms with Crippen molar-refractivity contribution in [2.24, 2.45) is 0 Å². The maximum atomic E-state index is 12.3. The van der Waals surface area contributed by atoms with Crippen LogP contribution in [0.25, 0.3) is 0 Å². The number of aliphatic hydroxyl groups is 1. The third-order valence-corrected chi connectivity index (χ3v) is 3.18. The highest BCUT2D eigenvalue weighted by molar-refractivity contribution is 5.43. The summed E-state index contributed by atoms with van der Waals surface area (Å²) in [5.41, 5.74) is 0.948. The molecule has 1 atom stereocenters. The molecule has 1 saturated heterocycles. The van der Waals surface area contributed by atoms with Crippen LogP contribution in [-0.4, -0.2) is 42.4 Å². The van der Waals surface area contributed by atoms with Gasteiger partial charge < -0.3 is 14.6 Å². The zero-order valence-corrected chi connectivity index (χ0v) is 11.4. The van der Waals surface area contributed by atoms with E-state index in [9.17, 15) is 13.9 Å². The van der Waals surface area contributed by atoms with Gasteiger partial charge in [-0.25, -0.2) is 0 Å². The fourth-order valence-corrected chi connectivity index (χ4v) is 2.33.